The Hall–Kier alpha value is -3.28. The number of hydrogen-bond acceptors (Lipinski definition) is 5. The molecule has 1 aliphatic rings. The summed E-state index contributed by atoms with van der Waals surface area (Å²) in [5.41, 5.74) is 8.38. The van der Waals surface area contributed by atoms with Gasteiger partial charge in [-0.3, -0.25) is 9.59 Å². The van der Waals surface area contributed by atoms with E-state index < -0.39 is 0 Å². The van der Waals surface area contributed by atoms with Gasteiger partial charge in [0.25, 0.3) is 0 Å². The Morgan fingerprint density at radius 1 is 0.913 bits per heavy atom. The topological polar surface area (TPSA) is 90.9 Å². The van der Waals surface area contributed by atoms with E-state index in [1.165, 1.54) is 4.68 Å². The van der Waals surface area contributed by atoms with Crippen LogP contribution in [-0.2, 0) is 6.54 Å². The highest BCUT2D eigenvalue weighted by Crippen LogP contribution is 2.26. The van der Waals surface area contributed by atoms with Gasteiger partial charge in [0, 0.05) is 16.8 Å². The van der Waals surface area contributed by atoms with Crippen molar-refractivity contribution >= 4 is 17.3 Å². The van der Waals surface area contributed by atoms with Crippen LogP contribution < -0.4 is 5.73 Å². The molecule has 6 heteroatoms. The van der Waals surface area contributed by atoms with Crippen molar-refractivity contribution in [3.05, 3.63) is 76.6 Å². The summed E-state index contributed by atoms with van der Waals surface area (Å²) in [6, 6.07) is 14.0. The van der Waals surface area contributed by atoms with Crippen molar-refractivity contribution in [3.8, 4) is 0 Å². The van der Waals surface area contributed by atoms with Crippen LogP contribution >= 0.6 is 0 Å². The first kappa shape index (κ1) is 13.4. The number of fused-ring (bicyclic) bond motifs is 2. The summed E-state index contributed by atoms with van der Waals surface area (Å²) < 4.78 is 1.47. The van der Waals surface area contributed by atoms with E-state index in [2.05, 4.69) is 10.3 Å². The zero-order valence-corrected chi connectivity index (χ0v) is 12.1. The summed E-state index contributed by atoms with van der Waals surface area (Å²) in [4.78, 5) is 25.2. The van der Waals surface area contributed by atoms with E-state index in [9.17, 15) is 9.59 Å². The molecule has 2 aromatic carbocycles. The number of carbonyl (C=O) groups is 2. The fourth-order valence-electron chi connectivity index (χ4n) is 2.73. The highest BCUT2D eigenvalue weighted by Gasteiger charge is 2.34. The zero-order valence-electron chi connectivity index (χ0n) is 12.1. The van der Waals surface area contributed by atoms with Gasteiger partial charge >= 0.3 is 0 Å². The minimum atomic E-state index is -0.265. The molecule has 23 heavy (non-hydrogen) atoms. The predicted octanol–water partition coefficient (Wildman–Crippen LogP) is 1.68. The monoisotopic (exact) mass is 304 g/mol. The van der Waals surface area contributed by atoms with Gasteiger partial charge in [0.15, 0.2) is 5.69 Å². The molecule has 1 aromatic heterocycles. The smallest absolute Gasteiger partial charge is 0.216 e. The Morgan fingerprint density at radius 3 is 2.26 bits per heavy atom. The minimum Gasteiger partial charge on any atom is -0.399 e. The lowest BCUT2D eigenvalue weighted by Gasteiger charge is -2.14. The van der Waals surface area contributed by atoms with Crippen LogP contribution in [-0.4, -0.2) is 26.6 Å². The average molecular weight is 304 g/mol. The van der Waals surface area contributed by atoms with Crippen LogP contribution in [0.15, 0.2) is 48.5 Å². The fraction of sp³-hybridized carbons (Fsp3) is 0.0588. The highest BCUT2D eigenvalue weighted by atomic mass is 16.1. The van der Waals surface area contributed by atoms with Gasteiger partial charge in [-0.1, -0.05) is 41.6 Å². The van der Waals surface area contributed by atoms with Gasteiger partial charge in [-0.25, -0.2) is 4.68 Å². The van der Waals surface area contributed by atoms with E-state index in [1.54, 1.807) is 36.4 Å². The summed E-state index contributed by atoms with van der Waals surface area (Å²) >= 11 is 0. The number of benzene rings is 2. The summed E-state index contributed by atoms with van der Waals surface area (Å²) in [7, 11) is 0. The second-order valence-corrected chi connectivity index (χ2v) is 5.39. The van der Waals surface area contributed by atoms with Crippen LogP contribution in [0.2, 0.25) is 0 Å². The number of aromatic nitrogens is 3. The molecule has 0 amide bonds. The predicted molar refractivity (Wildman–Crippen MR) is 83.3 cm³/mol. The van der Waals surface area contributed by atoms with Gasteiger partial charge in [0.05, 0.1) is 6.54 Å². The second kappa shape index (κ2) is 4.88. The number of hydrogen-bond donors (Lipinski definition) is 1. The zero-order chi connectivity index (χ0) is 16.0. The molecule has 0 atom stereocenters. The third-order valence-electron chi connectivity index (χ3n) is 3.89. The molecular formula is C17H12N4O2. The Morgan fingerprint density at radius 2 is 1.57 bits per heavy atom. The molecule has 1 aliphatic carbocycles. The number of anilines is 1. The first-order valence-electron chi connectivity index (χ1n) is 7.11. The number of nitrogens with two attached hydrogens (primary N) is 1. The molecule has 0 saturated carbocycles. The highest BCUT2D eigenvalue weighted by molar-refractivity contribution is 6.26. The maximum Gasteiger partial charge on any atom is 0.216 e. The van der Waals surface area contributed by atoms with E-state index >= 15 is 0 Å². The van der Waals surface area contributed by atoms with E-state index in [1.807, 2.05) is 12.1 Å². The SMILES string of the molecule is Nc1ccc(Cn2nnc3c2C(=O)c2ccccc2C3=O)cc1. The summed E-state index contributed by atoms with van der Waals surface area (Å²) in [5.74, 6) is -0.491. The lowest BCUT2D eigenvalue weighted by atomic mass is 9.90. The molecule has 1 heterocycles. The van der Waals surface area contributed by atoms with Crippen molar-refractivity contribution in [2.75, 3.05) is 5.73 Å². The van der Waals surface area contributed by atoms with E-state index in [-0.39, 0.29) is 23.0 Å². The Labute approximate surface area is 131 Å². The van der Waals surface area contributed by atoms with Crippen molar-refractivity contribution in [2.24, 2.45) is 0 Å². The Bertz CT molecular complexity index is 941. The molecule has 0 fully saturated rings. The van der Waals surface area contributed by atoms with Crippen LogP contribution in [0.3, 0.4) is 0 Å². The molecule has 4 rings (SSSR count). The van der Waals surface area contributed by atoms with E-state index in [0.717, 1.165) is 5.56 Å². The lowest BCUT2D eigenvalue weighted by Crippen LogP contribution is -2.23. The molecule has 6 nitrogen and oxygen atoms in total. The van der Waals surface area contributed by atoms with Crippen LogP contribution in [0, 0.1) is 0 Å². The maximum absolute atomic E-state index is 12.7. The molecule has 112 valence electrons. The van der Waals surface area contributed by atoms with Gasteiger partial charge in [-0.2, -0.15) is 0 Å². The van der Waals surface area contributed by atoms with Gasteiger partial charge in [0.2, 0.25) is 11.6 Å². The molecule has 0 unspecified atom stereocenters. The van der Waals surface area contributed by atoms with Crippen molar-refractivity contribution in [3.63, 3.8) is 0 Å². The van der Waals surface area contributed by atoms with Gasteiger partial charge in [0.1, 0.15) is 5.69 Å². The largest absolute Gasteiger partial charge is 0.399 e. The van der Waals surface area contributed by atoms with Crippen molar-refractivity contribution in [1.82, 2.24) is 15.0 Å². The average Bonchev–Trinajstić information content (AvgIpc) is 2.99. The Balaban J connectivity index is 1.79. The number of carbonyl (C=O) groups excluding carboxylic acids is 2. The third-order valence-corrected chi connectivity index (χ3v) is 3.89. The summed E-state index contributed by atoms with van der Waals surface area (Å²) in [6.45, 7) is 0.351. The maximum atomic E-state index is 12.7. The third kappa shape index (κ3) is 2.03. The standard InChI is InChI=1S/C17H12N4O2/c18-11-7-5-10(6-8-11)9-21-15-14(19-20-21)16(22)12-3-1-2-4-13(12)17(15)23/h1-8H,9,18H2. The van der Waals surface area contributed by atoms with Crippen LogP contribution in [0.4, 0.5) is 5.69 Å². The molecule has 3 aromatic rings. The van der Waals surface area contributed by atoms with Crippen molar-refractivity contribution < 1.29 is 9.59 Å². The first-order valence-corrected chi connectivity index (χ1v) is 7.11. The van der Waals surface area contributed by atoms with Crippen LogP contribution in [0.25, 0.3) is 0 Å². The second-order valence-electron chi connectivity index (χ2n) is 5.39. The van der Waals surface area contributed by atoms with Crippen LogP contribution in [0.1, 0.15) is 37.7 Å². The molecular weight excluding hydrogens is 292 g/mol. The molecule has 0 saturated heterocycles. The van der Waals surface area contributed by atoms with Gasteiger partial charge in [-0.15, -0.1) is 5.10 Å². The minimum absolute atomic E-state index is 0.115. The van der Waals surface area contributed by atoms with E-state index in [4.69, 9.17) is 5.73 Å². The molecule has 0 bridgehead atoms. The fourth-order valence-corrected chi connectivity index (χ4v) is 2.73. The number of nitrogen functional groups attached to an aromatic ring is 1. The Kier molecular flexibility index (Phi) is 2.84. The quantitative estimate of drug-likeness (QED) is 0.569. The summed E-state index contributed by atoms with van der Waals surface area (Å²) in [6.07, 6.45) is 0. The van der Waals surface area contributed by atoms with Crippen LogP contribution in [0.5, 0.6) is 0 Å². The van der Waals surface area contributed by atoms with Crippen molar-refractivity contribution in [2.45, 2.75) is 6.54 Å². The molecule has 0 spiro atoms. The molecule has 2 N–H and O–H groups in total. The summed E-state index contributed by atoms with van der Waals surface area (Å²) in [5, 5.41) is 7.91. The normalized spacial score (nSPS) is 12.9. The lowest BCUT2D eigenvalue weighted by molar-refractivity contribution is 0.0971. The molecule has 0 radical (unpaired) electrons. The van der Waals surface area contributed by atoms with Gasteiger partial charge in [-0.05, 0) is 17.7 Å². The first-order chi connectivity index (χ1) is 11.1. The number of rotatable bonds is 2. The molecule has 0 aliphatic heterocycles. The number of nitrogens with zero attached hydrogens (tertiary/aromatic N) is 3. The number of ketones is 2. The van der Waals surface area contributed by atoms with E-state index in [0.29, 0.717) is 23.4 Å². The van der Waals surface area contributed by atoms with Crippen molar-refractivity contribution in [1.29, 1.82) is 0 Å². The van der Waals surface area contributed by atoms with Gasteiger partial charge < -0.3 is 5.73 Å².